The molecule has 0 N–H and O–H groups in total. The van der Waals surface area contributed by atoms with Crippen LogP contribution in [-0.2, 0) is 21.7 Å². The molecule has 1 aromatic rings. The second-order valence-electron chi connectivity index (χ2n) is 7.58. The van der Waals surface area contributed by atoms with Crippen LogP contribution in [0.25, 0.3) is 0 Å². The Hall–Kier alpha value is 0.501. The van der Waals surface area contributed by atoms with Crippen LogP contribution in [0.5, 0.6) is 0 Å². The first-order chi connectivity index (χ1) is 10.2. The van der Waals surface area contributed by atoms with E-state index in [0.717, 1.165) is 0 Å². The number of allylic oxidation sites excluding steroid dienone is 4. The largest absolute Gasteiger partial charge is 4.00 e. The standard InChI is InChI=1S/C21H31Si.3ClH.Ti/c1-9-10-22(8,20-12-15(2)11-16(3)13-20)21(7)14-17(4)18(5)19(21)6;;;;/h11-13H,9-10H2,1-8H3;3*1H;/q-1;;;;+4/p-3. The normalized spacial score (nSPS) is 20.7. The monoisotopic (exact) mass is 464 g/mol. The van der Waals surface area contributed by atoms with Gasteiger partial charge in [0.05, 0.1) is 8.07 Å². The fourth-order valence-corrected chi connectivity index (χ4v) is 9.18. The van der Waals surface area contributed by atoms with Crippen molar-refractivity contribution in [3.63, 3.8) is 0 Å². The molecule has 0 fully saturated rings. The van der Waals surface area contributed by atoms with Gasteiger partial charge in [0.1, 0.15) is 0 Å². The Bertz CT molecular complexity index is 649. The number of rotatable bonds is 4. The molecule has 0 saturated carbocycles. The van der Waals surface area contributed by atoms with Crippen LogP contribution in [0.3, 0.4) is 0 Å². The van der Waals surface area contributed by atoms with E-state index >= 15 is 0 Å². The summed E-state index contributed by atoms with van der Waals surface area (Å²) in [6.07, 6.45) is 5.15. The van der Waals surface area contributed by atoms with Crippen LogP contribution < -0.4 is 42.4 Å². The molecule has 0 saturated heterocycles. The van der Waals surface area contributed by atoms with Gasteiger partial charge in [0, 0.05) is 0 Å². The minimum absolute atomic E-state index is 0. The summed E-state index contributed by atoms with van der Waals surface area (Å²) in [5.74, 6) is 0. The fraction of sp³-hybridized carbons (Fsp3) is 0.524. The fourth-order valence-electron chi connectivity index (χ4n) is 4.25. The van der Waals surface area contributed by atoms with Gasteiger partial charge < -0.3 is 37.2 Å². The molecule has 0 spiro atoms. The topological polar surface area (TPSA) is 0 Å². The van der Waals surface area contributed by atoms with Gasteiger partial charge in [0.25, 0.3) is 0 Å². The zero-order valence-corrected chi connectivity index (χ0v) is 22.1. The quantitative estimate of drug-likeness (QED) is 0.326. The average Bonchev–Trinajstić information content (AvgIpc) is 2.63. The Morgan fingerprint density at radius 3 is 1.73 bits per heavy atom. The molecule has 2 unspecified atom stereocenters. The third-order valence-corrected chi connectivity index (χ3v) is 11.8. The average molecular weight is 466 g/mol. The Balaban J connectivity index is -0.00000132. The maximum Gasteiger partial charge on any atom is 4.00 e. The van der Waals surface area contributed by atoms with Crippen molar-refractivity contribution in [2.75, 3.05) is 0 Å². The van der Waals surface area contributed by atoms with Crippen molar-refractivity contribution in [2.45, 2.75) is 72.5 Å². The molecule has 0 heterocycles. The molecule has 2 atom stereocenters. The number of hydrogen-bond donors (Lipinski definition) is 0. The van der Waals surface area contributed by atoms with Crippen molar-refractivity contribution in [1.82, 2.24) is 0 Å². The number of benzene rings is 1. The summed E-state index contributed by atoms with van der Waals surface area (Å²) in [6.45, 7) is 18.6. The Morgan fingerprint density at radius 2 is 1.38 bits per heavy atom. The maximum absolute atomic E-state index is 3.90. The third-order valence-electron chi connectivity index (χ3n) is 6.02. The van der Waals surface area contributed by atoms with E-state index in [2.05, 4.69) is 79.3 Å². The Morgan fingerprint density at radius 1 is 0.923 bits per heavy atom. The van der Waals surface area contributed by atoms with Gasteiger partial charge in [0.15, 0.2) is 0 Å². The van der Waals surface area contributed by atoms with E-state index in [4.69, 9.17) is 0 Å². The number of hydrogen-bond acceptors (Lipinski definition) is 0. The third kappa shape index (κ3) is 5.31. The van der Waals surface area contributed by atoms with Gasteiger partial charge in [-0.25, -0.2) is 5.57 Å². The second kappa shape index (κ2) is 11.5. The second-order valence-corrected chi connectivity index (χ2v) is 12.3. The van der Waals surface area contributed by atoms with E-state index in [-0.39, 0.29) is 64.0 Å². The van der Waals surface area contributed by atoms with Gasteiger partial charge >= 0.3 is 21.7 Å². The number of halogens is 3. The molecule has 5 heteroatoms. The molecule has 0 amide bonds. The molecule has 0 aromatic heterocycles. The zero-order valence-electron chi connectivity index (χ0n) is 17.3. The van der Waals surface area contributed by atoms with E-state index in [0.29, 0.717) is 0 Å². The predicted molar refractivity (Wildman–Crippen MR) is 101 cm³/mol. The van der Waals surface area contributed by atoms with Crippen LogP contribution in [-0.4, -0.2) is 8.07 Å². The molecule has 144 valence electrons. The summed E-state index contributed by atoms with van der Waals surface area (Å²) >= 11 is 0. The molecule has 2 rings (SSSR count). The van der Waals surface area contributed by atoms with Crippen LogP contribution in [0.1, 0.15) is 52.2 Å². The van der Waals surface area contributed by atoms with E-state index in [1.165, 1.54) is 34.7 Å². The SMILES string of the molecule is CCC[Si](C)(c1cc(C)cc(C)c1)C1(C)[C-]=C(C)C(C)=C1C.[Cl-].[Cl-].[Cl-].[Ti+4]. The van der Waals surface area contributed by atoms with Gasteiger partial charge in [-0.15, -0.1) is 6.92 Å². The summed E-state index contributed by atoms with van der Waals surface area (Å²) in [5, 5.41) is 1.72. The molecule has 0 radical (unpaired) electrons. The molecule has 1 aliphatic carbocycles. The first-order valence-corrected chi connectivity index (χ1v) is 11.2. The first kappa shape index (κ1) is 31.2. The van der Waals surface area contributed by atoms with Crippen molar-refractivity contribution in [3.05, 3.63) is 52.1 Å². The summed E-state index contributed by atoms with van der Waals surface area (Å²) in [7, 11) is -1.72. The van der Waals surface area contributed by atoms with Crippen molar-refractivity contribution in [2.24, 2.45) is 0 Å². The van der Waals surface area contributed by atoms with E-state index in [9.17, 15) is 0 Å². The summed E-state index contributed by atoms with van der Waals surface area (Å²) in [4.78, 5) is 0. The van der Waals surface area contributed by atoms with E-state index < -0.39 is 8.07 Å². The van der Waals surface area contributed by atoms with Crippen molar-refractivity contribution in [1.29, 1.82) is 0 Å². The van der Waals surface area contributed by atoms with Gasteiger partial charge in [0.2, 0.25) is 0 Å². The maximum atomic E-state index is 3.90. The molecule has 1 aromatic carbocycles. The van der Waals surface area contributed by atoms with Crippen molar-refractivity contribution in [3.8, 4) is 0 Å². The van der Waals surface area contributed by atoms with Crippen LogP contribution >= 0.6 is 0 Å². The van der Waals surface area contributed by atoms with E-state index in [1.807, 2.05) is 0 Å². The minimum atomic E-state index is -1.72. The van der Waals surface area contributed by atoms with Crippen LogP contribution in [0.2, 0.25) is 17.6 Å². The van der Waals surface area contributed by atoms with Gasteiger partial charge in [-0.05, 0) is 13.8 Å². The minimum Gasteiger partial charge on any atom is -1.00 e. The summed E-state index contributed by atoms with van der Waals surface area (Å²) in [6, 6.07) is 8.49. The Labute approximate surface area is 195 Å². The van der Waals surface area contributed by atoms with Crippen LogP contribution in [0.4, 0.5) is 0 Å². The molecule has 0 aliphatic heterocycles. The summed E-state index contributed by atoms with van der Waals surface area (Å²) in [5.41, 5.74) is 7.16. The van der Waals surface area contributed by atoms with Gasteiger partial charge in [-0.2, -0.15) is 11.1 Å². The molecule has 26 heavy (non-hydrogen) atoms. The Kier molecular flexibility index (Phi) is 13.8. The van der Waals surface area contributed by atoms with Crippen molar-refractivity contribution < 1.29 is 58.9 Å². The van der Waals surface area contributed by atoms with Crippen LogP contribution in [0, 0.1) is 19.9 Å². The van der Waals surface area contributed by atoms with E-state index in [1.54, 1.807) is 10.8 Å². The van der Waals surface area contributed by atoms with Crippen molar-refractivity contribution >= 4 is 13.3 Å². The number of aryl methyl sites for hydroxylation is 2. The predicted octanol–water partition coefficient (Wildman–Crippen LogP) is -3.13. The van der Waals surface area contributed by atoms with Gasteiger partial charge in [-0.1, -0.05) is 86.3 Å². The molecular weight excluding hydrogens is 435 g/mol. The zero-order chi connectivity index (χ0) is 16.7. The molecule has 0 bridgehead atoms. The molecule has 1 aliphatic rings. The van der Waals surface area contributed by atoms with Crippen LogP contribution in [0.15, 0.2) is 34.9 Å². The molecule has 0 nitrogen and oxygen atoms in total. The van der Waals surface area contributed by atoms with Gasteiger partial charge in [-0.3, -0.25) is 6.08 Å². The summed E-state index contributed by atoms with van der Waals surface area (Å²) < 4.78 is 0. The first-order valence-electron chi connectivity index (χ1n) is 8.54. The molecular formula is C21H31Cl3SiTi. The smallest absolute Gasteiger partial charge is 1.00 e.